The van der Waals surface area contributed by atoms with Crippen molar-refractivity contribution in [1.82, 2.24) is 0 Å². The topological polar surface area (TPSA) is 120 Å². The second kappa shape index (κ2) is 16.3. The number of carbonyl (C=O) groups excluding carboxylic acids is 2. The first-order valence-corrected chi connectivity index (χ1v) is 15.2. The minimum Gasteiger partial charge on any atom is -0.465 e. The van der Waals surface area contributed by atoms with Crippen molar-refractivity contribution in [1.29, 1.82) is 0 Å². The smallest absolute Gasteiger partial charge is 0.420 e. The number of rotatable bonds is 5. The molecule has 2 N–H and O–H groups in total. The van der Waals surface area contributed by atoms with Gasteiger partial charge >= 0.3 is 18.3 Å². The standard InChI is InChI=1S/C23H18Cl2N2O3.C11H12N2O3/c24-18-12-11-16(13-19(18)25)22-26-14-20(21(30-22)15-7-3-1-4-8-15)29-23(28)27-17-9-5-2-6-10-17;14-10(13-9-5-2-1-3-6-9)16-11-12-7-4-8-15-11/h1-13,20-21H,14H2,(H,27,28);1-3,5-6H,4,7-8H2,(H,13,14). The Kier molecular flexibility index (Phi) is 11.5. The summed E-state index contributed by atoms with van der Waals surface area (Å²) in [5, 5.41) is 6.16. The Labute approximate surface area is 276 Å². The highest BCUT2D eigenvalue weighted by atomic mass is 35.5. The molecule has 0 spiro atoms. The molecule has 2 atom stereocenters. The van der Waals surface area contributed by atoms with Crippen molar-refractivity contribution in [2.45, 2.75) is 18.6 Å². The molecule has 2 aliphatic heterocycles. The molecule has 2 heterocycles. The number of anilines is 2. The van der Waals surface area contributed by atoms with Crippen LogP contribution in [-0.2, 0) is 18.9 Å². The van der Waals surface area contributed by atoms with Crippen molar-refractivity contribution >= 4 is 58.7 Å². The highest BCUT2D eigenvalue weighted by Crippen LogP contribution is 2.31. The number of nitrogens with zero attached hydrogens (tertiary/aromatic N) is 2. The number of para-hydroxylation sites is 2. The number of amides is 2. The lowest BCUT2D eigenvalue weighted by atomic mass is 10.0. The lowest BCUT2D eigenvalue weighted by Gasteiger charge is -2.31. The van der Waals surface area contributed by atoms with Crippen molar-refractivity contribution in [3.63, 3.8) is 0 Å². The van der Waals surface area contributed by atoms with E-state index < -0.39 is 24.4 Å². The predicted octanol–water partition coefficient (Wildman–Crippen LogP) is 8.14. The summed E-state index contributed by atoms with van der Waals surface area (Å²) < 4.78 is 21.7. The molecular formula is C34H30Cl2N4O6. The quantitative estimate of drug-likeness (QED) is 0.223. The Morgan fingerprint density at radius 3 is 2.00 bits per heavy atom. The fourth-order valence-electron chi connectivity index (χ4n) is 4.37. The van der Waals surface area contributed by atoms with Crippen LogP contribution in [0.25, 0.3) is 0 Å². The fraction of sp³-hybridized carbons (Fsp3) is 0.176. The zero-order chi connectivity index (χ0) is 32.1. The van der Waals surface area contributed by atoms with E-state index in [2.05, 4.69) is 20.6 Å². The molecule has 0 fully saturated rings. The van der Waals surface area contributed by atoms with Crippen molar-refractivity contribution in [3.8, 4) is 0 Å². The summed E-state index contributed by atoms with van der Waals surface area (Å²) in [7, 11) is 0. The average Bonchev–Trinajstić information content (AvgIpc) is 3.08. The average molecular weight is 662 g/mol. The van der Waals surface area contributed by atoms with Gasteiger partial charge in [-0.25, -0.2) is 19.6 Å². The SMILES string of the molecule is O=C(Nc1ccccc1)OC1=NCCCO1.O=C(Nc1ccccc1)OC1CN=C(c2ccc(Cl)c(Cl)c2)OC1c1ccccc1. The number of ether oxygens (including phenoxy) is 4. The van der Waals surface area contributed by atoms with Gasteiger partial charge < -0.3 is 18.9 Å². The van der Waals surface area contributed by atoms with Crippen LogP contribution in [0.1, 0.15) is 23.7 Å². The van der Waals surface area contributed by atoms with Gasteiger partial charge in [0.1, 0.15) is 0 Å². The van der Waals surface area contributed by atoms with Crippen LogP contribution >= 0.6 is 23.2 Å². The number of carbonyl (C=O) groups is 2. The van der Waals surface area contributed by atoms with E-state index in [1.54, 1.807) is 42.5 Å². The van der Waals surface area contributed by atoms with E-state index in [-0.39, 0.29) is 12.6 Å². The third kappa shape index (κ3) is 9.47. The monoisotopic (exact) mass is 660 g/mol. The first-order chi connectivity index (χ1) is 22.4. The lowest BCUT2D eigenvalue weighted by Crippen LogP contribution is -2.37. The number of aliphatic imine (C=N–C) groups is 2. The van der Waals surface area contributed by atoms with Gasteiger partial charge in [-0.05, 0) is 48.0 Å². The number of hydrogen-bond donors (Lipinski definition) is 2. The summed E-state index contributed by atoms with van der Waals surface area (Å²) in [6, 6.07) is 32.9. The maximum absolute atomic E-state index is 12.4. The third-order valence-electron chi connectivity index (χ3n) is 6.53. The largest absolute Gasteiger partial charge is 0.465 e. The van der Waals surface area contributed by atoms with Gasteiger partial charge in [0.25, 0.3) is 0 Å². The second-order valence-electron chi connectivity index (χ2n) is 9.89. The highest BCUT2D eigenvalue weighted by molar-refractivity contribution is 6.42. The van der Waals surface area contributed by atoms with E-state index in [4.69, 9.17) is 42.1 Å². The Hall–Kier alpha value is -5.06. The molecule has 236 valence electrons. The molecule has 6 rings (SSSR count). The molecule has 12 heteroatoms. The second-order valence-corrected chi connectivity index (χ2v) is 10.7. The van der Waals surface area contributed by atoms with Crippen LogP contribution in [0.3, 0.4) is 0 Å². The normalized spacial score (nSPS) is 16.9. The minimum absolute atomic E-state index is 0.0414. The summed E-state index contributed by atoms with van der Waals surface area (Å²) in [6.07, 6.45) is -1.37. The highest BCUT2D eigenvalue weighted by Gasteiger charge is 2.33. The Morgan fingerprint density at radius 2 is 1.39 bits per heavy atom. The molecule has 0 aliphatic carbocycles. The van der Waals surface area contributed by atoms with Crippen LogP contribution in [0.4, 0.5) is 21.0 Å². The number of halogens is 2. The molecule has 0 saturated carbocycles. The van der Waals surface area contributed by atoms with Gasteiger partial charge in [0.15, 0.2) is 12.2 Å². The summed E-state index contributed by atoms with van der Waals surface area (Å²) >= 11 is 12.2. The fourth-order valence-corrected chi connectivity index (χ4v) is 4.67. The first-order valence-electron chi connectivity index (χ1n) is 14.4. The van der Waals surface area contributed by atoms with Crippen molar-refractivity contribution < 1.29 is 28.5 Å². The van der Waals surface area contributed by atoms with E-state index in [0.29, 0.717) is 46.0 Å². The van der Waals surface area contributed by atoms with Gasteiger partial charge in [0.2, 0.25) is 5.90 Å². The van der Waals surface area contributed by atoms with Crippen LogP contribution in [0, 0.1) is 0 Å². The molecule has 0 aromatic heterocycles. The number of nitrogens with one attached hydrogen (secondary N) is 2. The van der Waals surface area contributed by atoms with Gasteiger partial charge in [-0.1, -0.05) is 89.9 Å². The molecule has 0 radical (unpaired) electrons. The molecule has 0 bridgehead atoms. The van der Waals surface area contributed by atoms with Crippen LogP contribution < -0.4 is 10.6 Å². The molecular weight excluding hydrogens is 631 g/mol. The Bertz CT molecular complexity index is 1670. The maximum Gasteiger partial charge on any atom is 0.420 e. The molecule has 0 saturated heterocycles. The van der Waals surface area contributed by atoms with E-state index in [1.165, 1.54) is 0 Å². The minimum atomic E-state index is -0.595. The van der Waals surface area contributed by atoms with Crippen LogP contribution in [0.15, 0.2) is 119 Å². The van der Waals surface area contributed by atoms with E-state index in [9.17, 15) is 9.59 Å². The Balaban J connectivity index is 0.000000219. The van der Waals surface area contributed by atoms with Gasteiger partial charge in [-0.2, -0.15) is 0 Å². The molecule has 10 nitrogen and oxygen atoms in total. The van der Waals surface area contributed by atoms with E-state index >= 15 is 0 Å². The summed E-state index contributed by atoms with van der Waals surface area (Å²) in [5.41, 5.74) is 2.90. The molecule has 4 aromatic rings. The third-order valence-corrected chi connectivity index (χ3v) is 7.27. The maximum atomic E-state index is 12.4. The molecule has 2 amide bonds. The summed E-state index contributed by atoms with van der Waals surface area (Å²) in [5.74, 6) is 0.422. The van der Waals surface area contributed by atoms with Gasteiger partial charge in [0, 0.05) is 29.9 Å². The molecule has 2 unspecified atom stereocenters. The zero-order valence-corrected chi connectivity index (χ0v) is 26.0. The molecule has 4 aromatic carbocycles. The van der Waals surface area contributed by atoms with Crippen molar-refractivity contribution in [2.24, 2.45) is 9.98 Å². The summed E-state index contributed by atoms with van der Waals surface area (Å²) in [6.45, 7) is 1.42. The van der Waals surface area contributed by atoms with Gasteiger partial charge in [-0.3, -0.25) is 10.6 Å². The number of hydrogen-bond acceptors (Lipinski definition) is 8. The van der Waals surface area contributed by atoms with Crippen LogP contribution in [0.5, 0.6) is 0 Å². The number of benzene rings is 4. The summed E-state index contributed by atoms with van der Waals surface area (Å²) in [4.78, 5) is 32.2. The molecule has 2 aliphatic rings. The van der Waals surface area contributed by atoms with Crippen LogP contribution in [0.2, 0.25) is 10.0 Å². The Morgan fingerprint density at radius 1 is 0.761 bits per heavy atom. The van der Waals surface area contributed by atoms with E-state index in [0.717, 1.165) is 12.0 Å². The van der Waals surface area contributed by atoms with Crippen LogP contribution in [-0.4, -0.2) is 50.0 Å². The van der Waals surface area contributed by atoms with E-state index in [1.807, 2.05) is 66.7 Å². The van der Waals surface area contributed by atoms with Gasteiger partial charge in [-0.15, -0.1) is 0 Å². The first kappa shape index (κ1) is 32.3. The zero-order valence-electron chi connectivity index (χ0n) is 24.5. The van der Waals surface area contributed by atoms with Gasteiger partial charge in [0.05, 0.1) is 23.2 Å². The van der Waals surface area contributed by atoms with Crippen molar-refractivity contribution in [2.75, 3.05) is 30.3 Å². The van der Waals surface area contributed by atoms with Crippen molar-refractivity contribution in [3.05, 3.63) is 130 Å². The predicted molar refractivity (Wildman–Crippen MR) is 178 cm³/mol. The lowest BCUT2D eigenvalue weighted by molar-refractivity contribution is 0.00996. The molecule has 46 heavy (non-hydrogen) atoms.